The van der Waals surface area contributed by atoms with Crippen LogP contribution in [0.15, 0.2) is 0 Å². The van der Waals surface area contributed by atoms with Gasteiger partial charge in [-0.3, -0.25) is 9.63 Å². The number of hydrogen-bond donors (Lipinski definition) is 2. The molecule has 0 bridgehead atoms. The van der Waals surface area contributed by atoms with Gasteiger partial charge in [-0.15, -0.1) is 0 Å². The van der Waals surface area contributed by atoms with Crippen molar-refractivity contribution >= 4 is 11.9 Å². The Kier molecular flexibility index (Phi) is 2.06. The van der Waals surface area contributed by atoms with Gasteiger partial charge in [-0.05, 0) is 0 Å². The molecular formula is C5H8N2O4. The van der Waals surface area contributed by atoms with Gasteiger partial charge in [0.1, 0.15) is 6.04 Å². The van der Waals surface area contributed by atoms with E-state index in [4.69, 9.17) is 10.8 Å². The second kappa shape index (κ2) is 2.85. The van der Waals surface area contributed by atoms with E-state index in [9.17, 15) is 9.59 Å². The summed E-state index contributed by atoms with van der Waals surface area (Å²) in [5.41, 5.74) is 5.20. The van der Waals surface area contributed by atoms with Gasteiger partial charge in [-0.25, -0.2) is 9.86 Å². The van der Waals surface area contributed by atoms with Gasteiger partial charge in [0.15, 0.2) is 6.61 Å². The lowest BCUT2D eigenvalue weighted by Gasteiger charge is -2.33. The standard InChI is InChI=1S/C5H8N2O4/c6-3-1-7(5(3)10)11-2-4(8)9/h3H,1-2,6H2,(H,8,9). The fourth-order valence-corrected chi connectivity index (χ4v) is 0.669. The topological polar surface area (TPSA) is 92.9 Å². The van der Waals surface area contributed by atoms with Crippen molar-refractivity contribution in [1.29, 1.82) is 0 Å². The van der Waals surface area contributed by atoms with E-state index in [0.29, 0.717) is 0 Å². The lowest BCUT2D eigenvalue weighted by molar-refractivity contribution is -0.214. The van der Waals surface area contributed by atoms with Gasteiger partial charge in [0.05, 0.1) is 6.54 Å². The summed E-state index contributed by atoms with van der Waals surface area (Å²) in [6.07, 6.45) is 0. The van der Waals surface area contributed by atoms with Gasteiger partial charge in [0.25, 0.3) is 5.91 Å². The summed E-state index contributed by atoms with van der Waals surface area (Å²) in [4.78, 5) is 25.1. The molecule has 0 aliphatic carbocycles. The first-order chi connectivity index (χ1) is 5.11. The highest BCUT2D eigenvalue weighted by molar-refractivity contribution is 5.86. The van der Waals surface area contributed by atoms with Crippen LogP contribution >= 0.6 is 0 Å². The van der Waals surface area contributed by atoms with E-state index >= 15 is 0 Å². The van der Waals surface area contributed by atoms with Crippen LogP contribution in [0.5, 0.6) is 0 Å². The number of nitrogens with two attached hydrogens (primary N) is 1. The zero-order valence-corrected chi connectivity index (χ0v) is 5.69. The lowest BCUT2D eigenvalue weighted by atomic mass is 10.2. The molecule has 1 fully saturated rings. The van der Waals surface area contributed by atoms with Gasteiger partial charge in [-0.1, -0.05) is 0 Å². The Morgan fingerprint density at radius 1 is 1.91 bits per heavy atom. The summed E-state index contributed by atoms with van der Waals surface area (Å²) in [7, 11) is 0. The zero-order chi connectivity index (χ0) is 8.43. The van der Waals surface area contributed by atoms with Crippen molar-refractivity contribution in [1.82, 2.24) is 5.06 Å². The minimum absolute atomic E-state index is 0.270. The third kappa shape index (κ3) is 1.66. The van der Waals surface area contributed by atoms with Crippen molar-refractivity contribution in [3.63, 3.8) is 0 Å². The first kappa shape index (κ1) is 7.96. The number of carboxylic acid groups (broad SMARTS) is 1. The summed E-state index contributed by atoms with van der Waals surface area (Å²) < 4.78 is 0. The van der Waals surface area contributed by atoms with E-state index in [1.54, 1.807) is 0 Å². The molecule has 0 aromatic rings. The van der Waals surface area contributed by atoms with Gasteiger partial charge in [0, 0.05) is 0 Å². The molecule has 1 unspecified atom stereocenters. The Hall–Kier alpha value is -1.14. The summed E-state index contributed by atoms with van der Waals surface area (Å²) in [5, 5.41) is 9.08. The van der Waals surface area contributed by atoms with Crippen molar-refractivity contribution in [3.8, 4) is 0 Å². The van der Waals surface area contributed by atoms with Crippen molar-refractivity contribution in [2.75, 3.05) is 13.2 Å². The van der Waals surface area contributed by atoms with Crippen molar-refractivity contribution < 1.29 is 19.5 Å². The number of carbonyl (C=O) groups is 2. The number of nitrogens with zero attached hydrogens (tertiary/aromatic N) is 1. The largest absolute Gasteiger partial charge is 0.479 e. The number of aliphatic carboxylic acids is 1. The molecule has 1 rings (SSSR count). The molecule has 11 heavy (non-hydrogen) atoms. The maximum atomic E-state index is 10.7. The first-order valence-electron chi connectivity index (χ1n) is 3.03. The average molecular weight is 160 g/mol. The van der Waals surface area contributed by atoms with E-state index in [-0.39, 0.29) is 12.5 Å². The molecule has 1 heterocycles. The van der Waals surface area contributed by atoms with Crippen LogP contribution in [0, 0.1) is 0 Å². The molecule has 1 aliphatic rings. The van der Waals surface area contributed by atoms with Gasteiger partial charge >= 0.3 is 5.97 Å². The predicted molar refractivity (Wildman–Crippen MR) is 33.3 cm³/mol. The third-order valence-electron chi connectivity index (χ3n) is 1.27. The Bertz CT molecular complexity index is 193. The molecule has 0 aromatic heterocycles. The molecule has 3 N–H and O–H groups in total. The summed E-state index contributed by atoms with van der Waals surface area (Å²) in [6.45, 7) is -0.232. The molecule has 1 saturated heterocycles. The van der Waals surface area contributed by atoms with Crippen molar-refractivity contribution in [3.05, 3.63) is 0 Å². The van der Waals surface area contributed by atoms with E-state index in [1.807, 2.05) is 0 Å². The maximum Gasteiger partial charge on any atom is 0.332 e. The number of hydrogen-bond acceptors (Lipinski definition) is 4. The molecule has 1 aliphatic heterocycles. The number of carbonyl (C=O) groups excluding carboxylic acids is 1. The molecule has 6 heteroatoms. The Morgan fingerprint density at radius 2 is 2.55 bits per heavy atom. The van der Waals surface area contributed by atoms with Crippen LogP contribution in [0.1, 0.15) is 0 Å². The van der Waals surface area contributed by atoms with Crippen LogP contribution in [0.4, 0.5) is 0 Å². The lowest BCUT2D eigenvalue weighted by Crippen LogP contribution is -2.60. The molecule has 0 aromatic carbocycles. The van der Waals surface area contributed by atoms with Crippen LogP contribution in [0.25, 0.3) is 0 Å². The molecule has 0 radical (unpaired) electrons. The number of hydroxylamine groups is 2. The summed E-state index contributed by atoms with van der Waals surface area (Å²) in [6, 6.07) is -0.524. The predicted octanol–water partition coefficient (Wildman–Crippen LogP) is -1.83. The third-order valence-corrected chi connectivity index (χ3v) is 1.27. The fourth-order valence-electron chi connectivity index (χ4n) is 0.669. The monoisotopic (exact) mass is 160 g/mol. The van der Waals surface area contributed by atoms with E-state index in [0.717, 1.165) is 5.06 Å². The molecule has 0 saturated carbocycles. The summed E-state index contributed by atoms with van der Waals surface area (Å²) >= 11 is 0. The van der Waals surface area contributed by atoms with Crippen LogP contribution in [0.2, 0.25) is 0 Å². The highest BCUT2D eigenvalue weighted by Gasteiger charge is 2.34. The number of β-lactam (4-membered cyclic amide) rings is 1. The van der Waals surface area contributed by atoms with Crippen LogP contribution in [-0.2, 0) is 14.4 Å². The number of carboxylic acids is 1. The molecular weight excluding hydrogens is 152 g/mol. The van der Waals surface area contributed by atoms with Crippen LogP contribution in [-0.4, -0.2) is 41.2 Å². The second-order valence-electron chi connectivity index (χ2n) is 2.17. The Morgan fingerprint density at radius 3 is 2.91 bits per heavy atom. The van der Waals surface area contributed by atoms with E-state index in [2.05, 4.69) is 4.84 Å². The molecule has 1 amide bonds. The molecule has 1 atom stereocenters. The molecule has 0 spiro atoms. The highest BCUT2D eigenvalue weighted by atomic mass is 16.7. The Labute approximate surface area is 62.5 Å². The van der Waals surface area contributed by atoms with Crippen LogP contribution in [0.3, 0.4) is 0 Å². The first-order valence-corrected chi connectivity index (χ1v) is 3.03. The van der Waals surface area contributed by atoms with Crippen molar-refractivity contribution in [2.24, 2.45) is 5.73 Å². The maximum absolute atomic E-state index is 10.7. The van der Waals surface area contributed by atoms with Crippen LogP contribution < -0.4 is 5.73 Å². The van der Waals surface area contributed by atoms with Gasteiger partial charge in [0.2, 0.25) is 0 Å². The van der Waals surface area contributed by atoms with Gasteiger partial charge in [-0.2, -0.15) is 0 Å². The number of amides is 1. The smallest absolute Gasteiger partial charge is 0.332 e. The SMILES string of the molecule is NC1CN(OCC(=O)O)C1=O. The zero-order valence-electron chi connectivity index (χ0n) is 5.69. The Balaban J connectivity index is 2.20. The molecule has 6 nitrogen and oxygen atoms in total. The van der Waals surface area contributed by atoms with E-state index < -0.39 is 18.6 Å². The minimum atomic E-state index is -1.11. The van der Waals surface area contributed by atoms with Crippen molar-refractivity contribution in [2.45, 2.75) is 6.04 Å². The molecule has 62 valence electrons. The highest BCUT2D eigenvalue weighted by Crippen LogP contribution is 2.07. The second-order valence-corrected chi connectivity index (χ2v) is 2.17. The quantitative estimate of drug-likeness (QED) is 0.474. The normalized spacial score (nSPS) is 23.2. The minimum Gasteiger partial charge on any atom is -0.479 e. The summed E-state index contributed by atoms with van der Waals surface area (Å²) in [5.74, 6) is -1.48. The van der Waals surface area contributed by atoms with Gasteiger partial charge < -0.3 is 10.8 Å². The average Bonchev–Trinajstić information content (AvgIpc) is 1.96. The number of rotatable bonds is 3. The van der Waals surface area contributed by atoms with E-state index in [1.165, 1.54) is 0 Å². The fraction of sp³-hybridized carbons (Fsp3) is 0.600.